The van der Waals surface area contributed by atoms with Crippen LogP contribution in [0, 0.1) is 12.7 Å². The van der Waals surface area contributed by atoms with Crippen LogP contribution in [0.15, 0.2) is 67.0 Å². The molecule has 0 saturated carbocycles. The second-order valence-electron chi connectivity index (χ2n) is 5.84. The summed E-state index contributed by atoms with van der Waals surface area (Å²) in [7, 11) is 0. The number of amides is 1. The molecule has 2 aromatic heterocycles. The van der Waals surface area contributed by atoms with E-state index in [-0.39, 0.29) is 5.91 Å². The minimum Gasteiger partial charge on any atom is -0.320 e. The summed E-state index contributed by atoms with van der Waals surface area (Å²) in [6, 6.07) is 15.7. The Bertz CT molecular complexity index is 1110. The summed E-state index contributed by atoms with van der Waals surface area (Å²) in [5.74, 6) is -0.716. The van der Waals surface area contributed by atoms with Gasteiger partial charge in [0.15, 0.2) is 0 Å². The third-order valence-electron chi connectivity index (χ3n) is 4.22. The second kappa shape index (κ2) is 6.40. The van der Waals surface area contributed by atoms with Crippen molar-refractivity contribution in [3.63, 3.8) is 0 Å². The number of hydrogen-bond acceptors (Lipinski definition) is 3. The Morgan fingerprint density at radius 2 is 1.88 bits per heavy atom. The van der Waals surface area contributed by atoms with Crippen molar-refractivity contribution in [1.29, 1.82) is 0 Å². The van der Waals surface area contributed by atoms with E-state index in [9.17, 15) is 9.18 Å². The van der Waals surface area contributed by atoms with Crippen LogP contribution in [-0.4, -0.2) is 20.7 Å². The lowest BCUT2D eigenvalue weighted by Gasteiger charge is -2.09. The van der Waals surface area contributed by atoms with Crippen molar-refractivity contribution in [2.24, 2.45) is 0 Å². The number of para-hydroxylation sites is 2. The third kappa shape index (κ3) is 2.71. The highest BCUT2D eigenvalue weighted by molar-refractivity contribution is 6.08. The molecule has 4 aromatic rings. The van der Waals surface area contributed by atoms with Crippen LogP contribution in [0.1, 0.15) is 16.1 Å². The van der Waals surface area contributed by atoms with E-state index in [0.717, 1.165) is 5.39 Å². The molecule has 5 nitrogen and oxygen atoms in total. The van der Waals surface area contributed by atoms with Crippen molar-refractivity contribution in [2.75, 3.05) is 5.32 Å². The first kappa shape index (κ1) is 16.0. The van der Waals surface area contributed by atoms with E-state index in [1.165, 1.54) is 16.9 Å². The van der Waals surface area contributed by atoms with E-state index >= 15 is 0 Å². The van der Waals surface area contributed by atoms with Gasteiger partial charge in [-0.15, -0.1) is 0 Å². The van der Waals surface area contributed by atoms with Gasteiger partial charge in [0.2, 0.25) is 0 Å². The Labute approximate surface area is 149 Å². The number of carbonyl (C=O) groups is 1. The zero-order valence-electron chi connectivity index (χ0n) is 14.0. The second-order valence-corrected chi connectivity index (χ2v) is 5.84. The number of nitrogens with one attached hydrogen (secondary N) is 1. The molecule has 1 amide bonds. The minimum absolute atomic E-state index is 0.302. The lowest BCUT2D eigenvalue weighted by molar-refractivity contribution is 0.102. The number of halogens is 1. The van der Waals surface area contributed by atoms with Gasteiger partial charge in [0.1, 0.15) is 11.5 Å². The summed E-state index contributed by atoms with van der Waals surface area (Å²) < 4.78 is 15.4. The van der Waals surface area contributed by atoms with Crippen LogP contribution in [0.3, 0.4) is 0 Å². The Hall–Kier alpha value is -3.54. The molecule has 26 heavy (non-hydrogen) atoms. The predicted octanol–water partition coefficient (Wildman–Crippen LogP) is 4.12. The molecule has 0 bridgehead atoms. The van der Waals surface area contributed by atoms with Crippen LogP contribution in [0.25, 0.3) is 16.6 Å². The van der Waals surface area contributed by atoms with Gasteiger partial charge in [-0.3, -0.25) is 9.78 Å². The molecule has 0 aliphatic rings. The number of carbonyl (C=O) groups excluding carboxylic acids is 1. The molecular weight excluding hydrogens is 331 g/mol. The molecule has 0 aliphatic carbocycles. The molecule has 0 saturated heterocycles. The lowest BCUT2D eigenvalue weighted by Crippen LogP contribution is -2.13. The normalized spacial score (nSPS) is 10.8. The number of fused-ring (bicyclic) bond motifs is 1. The molecule has 128 valence electrons. The first-order chi connectivity index (χ1) is 12.6. The highest BCUT2D eigenvalue weighted by Gasteiger charge is 2.17. The summed E-state index contributed by atoms with van der Waals surface area (Å²) in [5.41, 5.74) is 2.56. The zero-order valence-corrected chi connectivity index (χ0v) is 14.0. The third-order valence-corrected chi connectivity index (χ3v) is 4.22. The smallest absolute Gasteiger partial charge is 0.259 e. The maximum atomic E-state index is 14.0. The minimum atomic E-state index is -0.399. The van der Waals surface area contributed by atoms with E-state index < -0.39 is 5.82 Å². The molecule has 6 heteroatoms. The van der Waals surface area contributed by atoms with E-state index in [0.29, 0.717) is 28.1 Å². The SMILES string of the molecule is Cc1c(C(=O)Nc2cccc3cccnc23)cnn1-c1ccccc1F. The zero-order chi connectivity index (χ0) is 18.1. The molecule has 2 aromatic carbocycles. The molecule has 2 heterocycles. The van der Waals surface area contributed by atoms with Gasteiger partial charge < -0.3 is 5.32 Å². The van der Waals surface area contributed by atoms with Crippen molar-refractivity contribution >= 4 is 22.5 Å². The fourth-order valence-corrected chi connectivity index (χ4v) is 2.89. The average Bonchev–Trinajstić information content (AvgIpc) is 3.04. The Morgan fingerprint density at radius 1 is 1.08 bits per heavy atom. The number of hydrogen-bond donors (Lipinski definition) is 1. The summed E-state index contributed by atoms with van der Waals surface area (Å²) in [4.78, 5) is 17.1. The first-order valence-corrected chi connectivity index (χ1v) is 8.10. The highest BCUT2D eigenvalue weighted by Crippen LogP contribution is 2.22. The van der Waals surface area contributed by atoms with E-state index in [1.807, 2.05) is 24.3 Å². The number of pyridine rings is 1. The number of rotatable bonds is 3. The molecule has 0 aliphatic heterocycles. The molecule has 0 spiro atoms. The van der Waals surface area contributed by atoms with Crippen LogP contribution in [0.2, 0.25) is 0 Å². The quantitative estimate of drug-likeness (QED) is 0.607. The maximum Gasteiger partial charge on any atom is 0.259 e. The lowest BCUT2D eigenvalue weighted by atomic mass is 10.1. The summed E-state index contributed by atoms with van der Waals surface area (Å²) in [6.45, 7) is 1.73. The van der Waals surface area contributed by atoms with E-state index in [2.05, 4.69) is 15.4 Å². The van der Waals surface area contributed by atoms with Gasteiger partial charge in [-0.1, -0.05) is 30.3 Å². The van der Waals surface area contributed by atoms with Crippen LogP contribution < -0.4 is 5.32 Å². The van der Waals surface area contributed by atoms with Crippen molar-refractivity contribution in [3.8, 4) is 5.69 Å². The monoisotopic (exact) mass is 346 g/mol. The maximum absolute atomic E-state index is 14.0. The van der Waals surface area contributed by atoms with Gasteiger partial charge in [-0.25, -0.2) is 9.07 Å². The van der Waals surface area contributed by atoms with Crippen molar-refractivity contribution in [3.05, 3.63) is 84.1 Å². The highest BCUT2D eigenvalue weighted by atomic mass is 19.1. The first-order valence-electron chi connectivity index (χ1n) is 8.10. The molecule has 0 radical (unpaired) electrons. The number of aromatic nitrogens is 3. The van der Waals surface area contributed by atoms with Gasteiger partial charge in [-0.2, -0.15) is 5.10 Å². The van der Waals surface area contributed by atoms with Gasteiger partial charge in [0.25, 0.3) is 5.91 Å². The summed E-state index contributed by atoms with van der Waals surface area (Å²) >= 11 is 0. The summed E-state index contributed by atoms with van der Waals surface area (Å²) in [6.07, 6.45) is 3.12. The van der Waals surface area contributed by atoms with Crippen LogP contribution in [0.5, 0.6) is 0 Å². The number of nitrogens with zero attached hydrogens (tertiary/aromatic N) is 3. The van der Waals surface area contributed by atoms with Crippen molar-refractivity contribution < 1.29 is 9.18 Å². The van der Waals surface area contributed by atoms with Gasteiger partial charge >= 0.3 is 0 Å². The Morgan fingerprint density at radius 3 is 2.73 bits per heavy atom. The van der Waals surface area contributed by atoms with E-state index in [1.54, 1.807) is 37.4 Å². The predicted molar refractivity (Wildman–Crippen MR) is 98.0 cm³/mol. The molecule has 0 atom stereocenters. The Kier molecular flexibility index (Phi) is 3.93. The summed E-state index contributed by atoms with van der Waals surface area (Å²) in [5, 5.41) is 7.98. The van der Waals surface area contributed by atoms with Crippen molar-refractivity contribution in [1.82, 2.24) is 14.8 Å². The largest absolute Gasteiger partial charge is 0.320 e. The van der Waals surface area contributed by atoms with Crippen LogP contribution >= 0.6 is 0 Å². The van der Waals surface area contributed by atoms with E-state index in [4.69, 9.17) is 0 Å². The topological polar surface area (TPSA) is 59.8 Å². The number of anilines is 1. The van der Waals surface area contributed by atoms with Crippen LogP contribution in [-0.2, 0) is 0 Å². The Balaban J connectivity index is 1.68. The molecule has 0 fully saturated rings. The molecular formula is C20H15FN4O. The fourth-order valence-electron chi connectivity index (χ4n) is 2.89. The molecule has 0 unspecified atom stereocenters. The average molecular weight is 346 g/mol. The standard InChI is InChI=1S/C20H15FN4O/c1-13-15(12-23-25(13)18-10-3-2-8-16(18)21)20(26)24-17-9-4-6-14-7-5-11-22-19(14)17/h2-12H,1H3,(H,24,26). The van der Waals surface area contributed by atoms with Crippen LogP contribution in [0.4, 0.5) is 10.1 Å². The fraction of sp³-hybridized carbons (Fsp3) is 0.0500. The van der Waals surface area contributed by atoms with Gasteiger partial charge in [0, 0.05) is 11.6 Å². The van der Waals surface area contributed by atoms with Crippen molar-refractivity contribution in [2.45, 2.75) is 6.92 Å². The molecule has 4 rings (SSSR count). The number of benzene rings is 2. The van der Waals surface area contributed by atoms with Gasteiger partial charge in [0.05, 0.1) is 28.7 Å². The molecule has 1 N–H and O–H groups in total. The van der Waals surface area contributed by atoms with Gasteiger partial charge in [-0.05, 0) is 31.2 Å².